The number of aryl methyl sites for hydroxylation is 1. The van der Waals surface area contributed by atoms with Crippen LogP contribution in [0, 0.1) is 17.0 Å². The smallest absolute Gasteiger partial charge is 0.272 e. The van der Waals surface area contributed by atoms with Crippen LogP contribution in [-0.4, -0.2) is 16.1 Å². The highest BCUT2D eigenvalue weighted by atomic mass is 16.6. The summed E-state index contributed by atoms with van der Waals surface area (Å²) in [4.78, 5) is 10.3. The molecule has 4 heteroatoms. The lowest BCUT2D eigenvalue weighted by Crippen LogP contribution is -2.14. The van der Waals surface area contributed by atoms with Crippen molar-refractivity contribution in [3.05, 3.63) is 39.4 Å². The zero-order valence-corrected chi connectivity index (χ0v) is 9.80. The lowest BCUT2D eigenvalue weighted by atomic mass is 9.92. The zero-order valence-electron chi connectivity index (χ0n) is 9.80. The quantitative estimate of drug-likeness (QED) is 0.630. The highest BCUT2D eigenvalue weighted by molar-refractivity contribution is 5.42. The van der Waals surface area contributed by atoms with E-state index in [2.05, 4.69) is 0 Å². The topological polar surface area (TPSA) is 63.4 Å². The molecule has 0 aliphatic heterocycles. The molecule has 0 amide bonds. The van der Waals surface area contributed by atoms with Crippen LogP contribution in [0.15, 0.2) is 18.2 Å². The number of hydrogen-bond acceptors (Lipinski definition) is 3. The first-order chi connectivity index (χ1) is 7.47. The van der Waals surface area contributed by atoms with Crippen molar-refractivity contribution in [2.75, 3.05) is 0 Å². The predicted molar refractivity (Wildman–Crippen MR) is 62.5 cm³/mol. The van der Waals surface area contributed by atoms with Gasteiger partial charge in [-0.1, -0.05) is 19.9 Å². The molecule has 16 heavy (non-hydrogen) atoms. The first kappa shape index (κ1) is 12.6. The molecule has 0 heterocycles. The first-order valence-corrected chi connectivity index (χ1v) is 5.40. The first-order valence-electron chi connectivity index (χ1n) is 5.40. The van der Waals surface area contributed by atoms with Gasteiger partial charge >= 0.3 is 0 Å². The zero-order chi connectivity index (χ0) is 12.3. The molecule has 0 aromatic heterocycles. The minimum absolute atomic E-state index is 0.00417. The number of nitro benzene ring substituents is 1. The van der Waals surface area contributed by atoms with Gasteiger partial charge in [0.25, 0.3) is 5.69 Å². The number of hydrogen-bond donors (Lipinski definition) is 1. The lowest BCUT2D eigenvalue weighted by Gasteiger charge is -2.17. The molecule has 88 valence electrons. The Bertz CT molecular complexity index is 390. The number of nitrogens with zero attached hydrogens (tertiary/aromatic N) is 1. The minimum Gasteiger partial charge on any atom is -0.393 e. The van der Waals surface area contributed by atoms with Gasteiger partial charge in [-0.15, -0.1) is 0 Å². The number of rotatable bonds is 4. The van der Waals surface area contributed by atoms with Crippen molar-refractivity contribution in [3.8, 4) is 0 Å². The van der Waals surface area contributed by atoms with E-state index < -0.39 is 6.10 Å². The van der Waals surface area contributed by atoms with Gasteiger partial charge in [-0.05, 0) is 25.0 Å². The second kappa shape index (κ2) is 5.07. The summed E-state index contributed by atoms with van der Waals surface area (Å²) >= 11 is 0. The summed E-state index contributed by atoms with van der Waals surface area (Å²) in [7, 11) is 0. The lowest BCUT2D eigenvalue weighted by molar-refractivity contribution is -0.385. The average molecular weight is 223 g/mol. The van der Waals surface area contributed by atoms with E-state index in [0.717, 1.165) is 5.56 Å². The molecule has 0 spiro atoms. The summed E-state index contributed by atoms with van der Waals surface area (Å²) in [6.07, 6.45) is 0.276. The van der Waals surface area contributed by atoms with Gasteiger partial charge in [-0.25, -0.2) is 0 Å². The summed E-state index contributed by atoms with van der Waals surface area (Å²) < 4.78 is 0. The fourth-order valence-electron chi connectivity index (χ4n) is 1.74. The van der Waals surface area contributed by atoms with Gasteiger partial charge in [0.1, 0.15) is 0 Å². The molecule has 1 aromatic rings. The summed E-state index contributed by atoms with van der Waals surface area (Å²) in [5.41, 5.74) is 1.71. The molecule has 0 aliphatic carbocycles. The van der Waals surface area contributed by atoms with Crippen LogP contribution in [0.3, 0.4) is 0 Å². The van der Waals surface area contributed by atoms with E-state index in [1.54, 1.807) is 19.1 Å². The Kier molecular flexibility index (Phi) is 4.01. The molecule has 1 aromatic carbocycles. The molecule has 0 fully saturated rings. The molecule has 0 aliphatic rings. The van der Waals surface area contributed by atoms with Crippen LogP contribution in [0.5, 0.6) is 0 Å². The molecule has 0 radical (unpaired) electrons. The Morgan fingerprint density at radius 2 is 2.12 bits per heavy atom. The van der Waals surface area contributed by atoms with Crippen LogP contribution in [-0.2, 0) is 0 Å². The van der Waals surface area contributed by atoms with Gasteiger partial charge in [-0.3, -0.25) is 10.1 Å². The van der Waals surface area contributed by atoms with Crippen LogP contribution < -0.4 is 0 Å². The van der Waals surface area contributed by atoms with Gasteiger partial charge in [0, 0.05) is 17.5 Å². The predicted octanol–water partition coefficient (Wildman–Crippen LogP) is 2.78. The van der Waals surface area contributed by atoms with Crippen molar-refractivity contribution in [1.82, 2.24) is 0 Å². The maximum Gasteiger partial charge on any atom is 0.272 e. The largest absolute Gasteiger partial charge is 0.393 e. The van der Waals surface area contributed by atoms with E-state index in [1.807, 2.05) is 13.8 Å². The maximum absolute atomic E-state index is 10.6. The number of aliphatic hydroxyl groups excluding tert-OH is 1. The SMILES string of the molecule is CCC(O)C(C)c1ccc([N+](=O)[O-])c(C)c1. The van der Waals surface area contributed by atoms with Crippen LogP contribution in [0.2, 0.25) is 0 Å². The van der Waals surface area contributed by atoms with Crippen molar-refractivity contribution in [2.45, 2.75) is 39.2 Å². The third kappa shape index (κ3) is 2.58. The second-order valence-corrected chi connectivity index (χ2v) is 4.07. The second-order valence-electron chi connectivity index (χ2n) is 4.07. The standard InChI is InChI=1S/C12H17NO3/c1-4-12(14)9(3)10-5-6-11(13(15)16)8(2)7-10/h5-7,9,12,14H,4H2,1-3H3. The van der Waals surface area contributed by atoms with Crippen LogP contribution in [0.4, 0.5) is 5.69 Å². The van der Waals surface area contributed by atoms with E-state index in [0.29, 0.717) is 12.0 Å². The average Bonchev–Trinajstić information content (AvgIpc) is 2.26. The molecule has 1 N–H and O–H groups in total. The van der Waals surface area contributed by atoms with Gasteiger partial charge in [0.2, 0.25) is 0 Å². The summed E-state index contributed by atoms with van der Waals surface area (Å²) in [6.45, 7) is 5.56. The summed E-state index contributed by atoms with van der Waals surface area (Å²) in [6, 6.07) is 5.00. The molecule has 0 bridgehead atoms. The normalized spacial score (nSPS) is 14.5. The molecule has 4 nitrogen and oxygen atoms in total. The Labute approximate surface area is 95.1 Å². The molecular formula is C12H17NO3. The number of benzene rings is 1. The Morgan fingerprint density at radius 3 is 2.56 bits per heavy atom. The third-order valence-corrected chi connectivity index (χ3v) is 2.94. The van der Waals surface area contributed by atoms with Crippen LogP contribution in [0.25, 0.3) is 0 Å². The van der Waals surface area contributed by atoms with E-state index >= 15 is 0 Å². The van der Waals surface area contributed by atoms with Crippen molar-refractivity contribution in [3.63, 3.8) is 0 Å². The van der Waals surface area contributed by atoms with Gasteiger partial charge in [0.05, 0.1) is 11.0 Å². The van der Waals surface area contributed by atoms with Crippen LogP contribution >= 0.6 is 0 Å². The number of aliphatic hydroxyl groups is 1. The Morgan fingerprint density at radius 1 is 1.50 bits per heavy atom. The van der Waals surface area contributed by atoms with Gasteiger partial charge < -0.3 is 5.11 Å². The van der Waals surface area contributed by atoms with E-state index in [-0.39, 0.29) is 16.5 Å². The highest BCUT2D eigenvalue weighted by Gasteiger charge is 2.17. The molecule has 1 rings (SSSR count). The third-order valence-electron chi connectivity index (χ3n) is 2.94. The number of nitro groups is 1. The molecule has 2 unspecified atom stereocenters. The van der Waals surface area contributed by atoms with Crippen molar-refractivity contribution < 1.29 is 10.0 Å². The highest BCUT2D eigenvalue weighted by Crippen LogP contribution is 2.26. The molecular weight excluding hydrogens is 206 g/mol. The molecule has 2 atom stereocenters. The molecule has 0 saturated heterocycles. The Hall–Kier alpha value is -1.42. The summed E-state index contributed by atoms with van der Waals surface area (Å²) in [5, 5.41) is 20.4. The van der Waals surface area contributed by atoms with Gasteiger partial charge in [-0.2, -0.15) is 0 Å². The monoisotopic (exact) mass is 223 g/mol. The van der Waals surface area contributed by atoms with E-state index in [1.165, 1.54) is 6.07 Å². The minimum atomic E-state index is -0.402. The molecule has 0 saturated carbocycles. The fourth-order valence-corrected chi connectivity index (χ4v) is 1.74. The van der Waals surface area contributed by atoms with E-state index in [4.69, 9.17) is 0 Å². The van der Waals surface area contributed by atoms with Crippen molar-refractivity contribution in [1.29, 1.82) is 0 Å². The van der Waals surface area contributed by atoms with Crippen molar-refractivity contribution in [2.24, 2.45) is 0 Å². The van der Waals surface area contributed by atoms with Gasteiger partial charge in [0.15, 0.2) is 0 Å². The van der Waals surface area contributed by atoms with Crippen LogP contribution in [0.1, 0.15) is 37.3 Å². The summed E-state index contributed by atoms with van der Waals surface area (Å²) in [5.74, 6) is 0.00417. The van der Waals surface area contributed by atoms with E-state index in [9.17, 15) is 15.2 Å². The maximum atomic E-state index is 10.6. The van der Waals surface area contributed by atoms with Crippen molar-refractivity contribution >= 4 is 5.69 Å². The Balaban J connectivity index is 3.01. The fraction of sp³-hybridized carbons (Fsp3) is 0.500.